The van der Waals surface area contributed by atoms with Crippen molar-refractivity contribution in [2.24, 2.45) is 11.8 Å². The van der Waals surface area contributed by atoms with Crippen molar-refractivity contribution in [1.29, 1.82) is 0 Å². The van der Waals surface area contributed by atoms with E-state index in [2.05, 4.69) is 49.8 Å². The number of benzene rings is 2. The largest absolute Gasteiger partial charge is 0.497 e. The molecule has 1 atom stereocenters. The number of hydrogen-bond acceptors (Lipinski definition) is 5. The topological polar surface area (TPSA) is 54.9 Å². The van der Waals surface area contributed by atoms with E-state index in [0.29, 0.717) is 12.3 Å². The Balaban J connectivity index is 1.55. The maximum Gasteiger partial charge on any atom is 0.227 e. The minimum Gasteiger partial charge on any atom is -0.497 e. The van der Waals surface area contributed by atoms with Gasteiger partial charge in [0.25, 0.3) is 0 Å². The number of rotatable bonds is 9. The van der Waals surface area contributed by atoms with Crippen LogP contribution in [0.4, 0.5) is 11.5 Å². The number of piperidine rings is 1. The number of hydrogen-bond donors (Lipinski definition) is 0. The Morgan fingerprint density at radius 1 is 1.00 bits per heavy atom. The third kappa shape index (κ3) is 6.45. The summed E-state index contributed by atoms with van der Waals surface area (Å²) in [4.78, 5) is 22.6. The van der Waals surface area contributed by atoms with E-state index in [0.717, 1.165) is 54.4 Å². The van der Waals surface area contributed by atoms with Gasteiger partial charge in [0.2, 0.25) is 5.91 Å². The molecule has 3 aromatic rings. The van der Waals surface area contributed by atoms with Gasteiger partial charge in [-0.25, -0.2) is 4.98 Å². The number of pyridine rings is 1. The molecule has 1 amide bonds. The fraction of sp³-hybridized carbons (Fsp3) is 0.400. The molecule has 1 aromatic heterocycles. The molecule has 0 aliphatic carbocycles. The summed E-state index contributed by atoms with van der Waals surface area (Å²) in [6.07, 6.45) is 4.35. The Labute approximate surface area is 222 Å². The van der Waals surface area contributed by atoms with Gasteiger partial charge in [0.1, 0.15) is 25.2 Å². The van der Waals surface area contributed by atoms with Crippen LogP contribution >= 0.6 is 0 Å². The Morgan fingerprint density at radius 3 is 2.32 bits per heavy atom. The van der Waals surface area contributed by atoms with Crippen LogP contribution in [0.1, 0.15) is 33.1 Å². The molecule has 1 aliphatic rings. The van der Waals surface area contributed by atoms with Crippen molar-refractivity contribution in [3.8, 4) is 22.6 Å². The second-order valence-corrected chi connectivity index (χ2v) is 10.3. The molecule has 1 unspecified atom stereocenters. The van der Waals surface area contributed by atoms with Crippen LogP contribution in [-0.2, 0) is 4.79 Å². The van der Waals surface area contributed by atoms with Gasteiger partial charge in [-0.05, 0) is 84.3 Å². The minimum atomic E-state index is 0.0531. The van der Waals surface area contributed by atoms with Gasteiger partial charge < -0.3 is 19.3 Å². The molecule has 37 heavy (non-hydrogen) atoms. The molecule has 2 aromatic carbocycles. The number of anilines is 2. The lowest BCUT2D eigenvalue weighted by Gasteiger charge is -2.40. The van der Waals surface area contributed by atoms with E-state index < -0.39 is 0 Å². The monoisotopic (exact) mass is 499 g/mol. The predicted octanol–water partition coefficient (Wildman–Crippen LogP) is 5.02. The number of amides is 1. The first-order valence-corrected chi connectivity index (χ1v) is 13.2. The summed E-state index contributed by atoms with van der Waals surface area (Å²) in [5.41, 5.74) is 3.28. The van der Waals surface area contributed by atoms with Crippen LogP contribution in [0.2, 0.25) is 0 Å². The second kappa shape index (κ2) is 12.2. The molecule has 1 aliphatic heterocycles. The zero-order valence-electron chi connectivity index (χ0n) is 22.7. The van der Waals surface area contributed by atoms with Crippen LogP contribution in [0.3, 0.4) is 0 Å². The van der Waals surface area contributed by atoms with Crippen LogP contribution in [-0.4, -0.2) is 52.0 Å². The number of aromatic nitrogens is 1. The van der Waals surface area contributed by atoms with E-state index in [4.69, 9.17) is 9.47 Å². The molecular weight excluding hydrogens is 461 g/mol. The lowest BCUT2D eigenvalue weighted by Crippen LogP contribution is -2.49. The van der Waals surface area contributed by atoms with Crippen LogP contribution in [0.5, 0.6) is 11.5 Å². The van der Waals surface area contributed by atoms with Crippen molar-refractivity contribution in [2.45, 2.75) is 39.1 Å². The number of carbonyl (C=O) groups excluding carboxylic acids is 1. The normalized spacial score (nSPS) is 14.9. The molecule has 6 nitrogen and oxygen atoms in total. The highest BCUT2D eigenvalue weighted by Crippen LogP contribution is 2.32. The molecular formula is C30H38BN3O3. The maximum absolute atomic E-state index is 13.6. The molecule has 1 saturated heterocycles. The van der Waals surface area contributed by atoms with Crippen LogP contribution in [0, 0.1) is 11.8 Å². The first kappa shape index (κ1) is 26.6. The molecule has 0 saturated carbocycles. The fourth-order valence-electron chi connectivity index (χ4n) is 5.19. The Hall–Kier alpha value is -3.48. The average molecular weight is 499 g/mol. The summed E-state index contributed by atoms with van der Waals surface area (Å²) < 4.78 is 10.7. The molecule has 2 heterocycles. The van der Waals surface area contributed by atoms with E-state index >= 15 is 0 Å². The van der Waals surface area contributed by atoms with Gasteiger partial charge in [-0.1, -0.05) is 26.0 Å². The molecule has 0 spiro atoms. The maximum atomic E-state index is 13.6. The SMILES string of the molecule is BC(C1CCN(c2ccc(OC)cc2)CC1)N(C(=O)CC(C)C)c1cc(-c2cccc(OC)c2)ccn1. The smallest absolute Gasteiger partial charge is 0.227 e. The van der Waals surface area contributed by atoms with E-state index in [1.54, 1.807) is 20.4 Å². The van der Waals surface area contributed by atoms with Crippen molar-refractivity contribution in [2.75, 3.05) is 37.1 Å². The van der Waals surface area contributed by atoms with Gasteiger partial charge in [-0.3, -0.25) is 4.79 Å². The lowest BCUT2D eigenvalue weighted by molar-refractivity contribution is -0.119. The summed E-state index contributed by atoms with van der Waals surface area (Å²) in [7, 11) is 5.55. The van der Waals surface area contributed by atoms with Crippen LogP contribution in [0.15, 0.2) is 66.9 Å². The zero-order valence-corrected chi connectivity index (χ0v) is 22.7. The minimum absolute atomic E-state index is 0.0531. The number of methoxy groups -OCH3 is 2. The molecule has 0 radical (unpaired) electrons. The predicted molar refractivity (Wildman–Crippen MR) is 153 cm³/mol. The highest BCUT2D eigenvalue weighted by Gasteiger charge is 2.32. The van der Waals surface area contributed by atoms with Gasteiger partial charge in [-0.15, -0.1) is 0 Å². The molecule has 4 rings (SSSR count). The van der Waals surface area contributed by atoms with Crippen molar-refractivity contribution in [3.05, 3.63) is 66.9 Å². The van der Waals surface area contributed by atoms with Gasteiger partial charge >= 0.3 is 0 Å². The summed E-state index contributed by atoms with van der Waals surface area (Å²) >= 11 is 0. The Bertz CT molecular complexity index is 1180. The number of nitrogens with zero attached hydrogens (tertiary/aromatic N) is 3. The fourth-order valence-corrected chi connectivity index (χ4v) is 5.19. The van der Waals surface area contributed by atoms with Gasteiger partial charge in [0.15, 0.2) is 0 Å². The first-order chi connectivity index (χ1) is 17.9. The third-order valence-electron chi connectivity index (χ3n) is 7.31. The van der Waals surface area contributed by atoms with E-state index in [1.165, 1.54) is 5.69 Å². The van der Waals surface area contributed by atoms with Crippen molar-refractivity contribution >= 4 is 25.3 Å². The highest BCUT2D eigenvalue weighted by atomic mass is 16.5. The first-order valence-electron chi connectivity index (χ1n) is 13.2. The Kier molecular flexibility index (Phi) is 8.75. The summed E-state index contributed by atoms with van der Waals surface area (Å²) in [6, 6.07) is 20.3. The van der Waals surface area contributed by atoms with Crippen LogP contribution in [0.25, 0.3) is 11.1 Å². The molecule has 0 N–H and O–H groups in total. The number of ether oxygens (including phenoxy) is 2. The van der Waals surface area contributed by atoms with Crippen LogP contribution < -0.4 is 19.3 Å². The summed E-state index contributed by atoms with van der Waals surface area (Å²) in [5, 5.41) is 0. The molecule has 0 bridgehead atoms. The lowest BCUT2D eigenvalue weighted by atomic mass is 9.76. The Morgan fingerprint density at radius 2 is 1.68 bits per heavy atom. The van der Waals surface area contributed by atoms with Crippen molar-refractivity contribution < 1.29 is 14.3 Å². The van der Waals surface area contributed by atoms with Crippen molar-refractivity contribution in [3.63, 3.8) is 0 Å². The highest BCUT2D eigenvalue weighted by molar-refractivity contribution is 6.17. The molecule has 1 fully saturated rings. The van der Waals surface area contributed by atoms with Gasteiger partial charge in [0.05, 0.1) is 14.2 Å². The van der Waals surface area contributed by atoms with E-state index in [-0.39, 0.29) is 17.8 Å². The van der Waals surface area contributed by atoms with Crippen molar-refractivity contribution in [1.82, 2.24) is 4.98 Å². The zero-order chi connectivity index (χ0) is 26.4. The molecule has 7 heteroatoms. The summed E-state index contributed by atoms with van der Waals surface area (Å²) in [5.74, 6) is 3.26. The quantitative estimate of drug-likeness (QED) is 0.387. The number of carbonyl (C=O) groups is 1. The third-order valence-corrected chi connectivity index (χ3v) is 7.31. The van der Waals surface area contributed by atoms with E-state index in [1.807, 2.05) is 47.4 Å². The second-order valence-electron chi connectivity index (χ2n) is 10.3. The molecule has 194 valence electrons. The summed E-state index contributed by atoms with van der Waals surface area (Å²) in [6.45, 7) is 6.11. The average Bonchev–Trinajstić information content (AvgIpc) is 2.93. The van der Waals surface area contributed by atoms with Gasteiger partial charge in [0, 0.05) is 37.3 Å². The standard InChI is InChI=1S/C30H38BN3O3/c1-21(2)18-29(35)34(28-20-24(12-15-32-28)23-6-5-7-27(19-23)37-4)30(31)22-13-16-33(17-14-22)25-8-10-26(36-3)11-9-25/h5-12,15,19-22,30H,13-14,16-18,31H2,1-4H3. The van der Waals surface area contributed by atoms with Gasteiger partial charge in [-0.2, -0.15) is 0 Å². The van der Waals surface area contributed by atoms with E-state index in [9.17, 15) is 4.79 Å².